The summed E-state index contributed by atoms with van der Waals surface area (Å²) in [7, 11) is 0. The van der Waals surface area contributed by atoms with Crippen molar-refractivity contribution in [2.24, 2.45) is 5.92 Å². The van der Waals surface area contributed by atoms with Gasteiger partial charge in [0.05, 0.1) is 18.0 Å². The molecule has 2 fully saturated rings. The van der Waals surface area contributed by atoms with Crippen molar-refractivity contribution in [2.75, 3.05) is 26.2 Å². The number of nitrogens with zero attached hydrogens (tertiary/aromatic N) is 2. The highest BCUT2D eigenvalue weighted by Gasteiger charge is 2.43. The third kappa shape index (κ3) is 3.52. The Labute approximate surface area is 142 Å². The Bertz CT molecular complexity index is 723. The van der Waals surface area contributed by atoms with Crippen molar-refractivity contribution in [2.45, 2.75) is 18.8 Å². The molecule has 2 aliphatic heterocycles. The van der Waals surface area contributed by atoms with Crippen LogP contribution in [0.3, 0.4) is 0 Å². The van der Waals surface area contributed by atoms with Gasteiger partial charge in [-0.3, -0.25) is 14.4 Å². The number of hydrogen-bond acceptors (Lipinski definition) is 3. The molecular formula is C17H17F3N2O3. The molecule has 0 saturated carbocycles. The lowest BCUT2D eigenvalue weighted by Gasteiger charge is -2.21. The quantitative estimate of drug-likeness (QED) is 0.780. The van der Waals surface area contributed by atoms with Crippen LogP contribution in [0.5, 0.6) is 0 Å². The molecule has 5 nitrogen and oxygen atoms in total. The molecular weight excluding hydrogens is 337 g/mol. The van der Waals surface area contributed by atoms with Gasteiger partial charge in [0, 0.05) is 31.6 Å². The molecule has 3 rings (SSSR count). The summed E-state index contributed by atoms with van der Waals surface area (Å²) in [6, 6.07) is 3.48. The summed E-state index contributed by atoms with van der Waals surface area (Å²) in [6.45, 7) is -0.284. The summed E-state index contributed by atoms with van der Waals surface area (Å²) in [6.07, 6.45) is 0.513. The van der Waals surface area contributed by atoms with Crippen molar-refractivity contribution in [3.8, 4) is 0 Å². The maximum Gasteiger partial charge on any atom is 0.267 e. The van der Waals surface area contributed by atoms with E-state index < -0.39 is 36.0 Å². The Kier molecular flexibility index (Phi) is 4.53. The van der Waals surface area contributed by atoms with Crippen LogP contribution >= 0.6 is 0 Å². The number of likely N-dealkylation sites (tertiary alicyclic amines) is 2. The second-order valence-corrected chi connectivity index (χ2v) is 6.46. The largest absolute Gasteiger partial charge is 0.338 e. The third-order valence-corrected chi connectivity index (χ3v) is 4.66. The molecule has 25 heavy (non-hydrogen) atoms. The van der Waals surface area contributed by atoms with Crippen LogP contribution in [0.4, 0.5) is 13.2 Å². The molecule has 8 heteroatoms. The van der Waals surface area contributed by atoms with Crippen LogP contribution < -0.4 is 0 Å². The summed E-state index contributed by atoms with van der Waals surface area (Å²) in [5, 5.41) is 0. The van der Waals surface area contributed by atoms with Crippen molar-refractivity contribution < 1.29 is 27.6 Å². The second-order valence-electron chi connectivity index (χ2n) is 6.46. The van der Waals surface area contributed by atoms with Crippen molar-refractivity contribution in [1.29, 1.82) is 0 Å². The monoisotopic (exact) mass is 354 g/mol. The van der Waals surface area contributed by atoms with Crippen LogP contribution in [0.1, 0.15) is 33.6 Å². The second kappa shape index (κ2) is 6.50. The fraction of sp³-hybridized carbons (Fsp3) is 0.471. The van der Waals surface area contributed by atoms with Gasteiger partial charge in [-0.25, -0.2) is 13.2 Å². The average Bonchev–Trinajstić information content (AvgIpc) is 3.20. The summed E-state index contributed by atoms with van der Waals surface area (Å²) >= 11 is 0. The molecule has 0 bridgehead atoms. The highest BCUT2D eigenvalue weighted by Crippen LogP contribution is 2.30. The highest BCUT2D eigenvalue weighted by molar-refractivity contribution is 5.96. The van der Waals surface area contributed by atoms with Crippen LogP contribution in [-0.2, 0) is 4.79 Å². The van der Waals surface area contributed by atoms with E-state index in [1.807, 2.05) is 0 Å². The van der Waals surface area contributed by atoms with E-state index >= 15 is 0 Å². The Morgan fingerprint density at radius 2 is 1.96 bits per heavy atom. The molecule has 1 aromatic carbocycles. The number of hydrogen-bond donors (Lipinski definition) is 0. The lowest BCUT2D eigenvalue weighted by molar-refractivity contribution is -0.135. The van der Waals surface area contributed by atoms with Gasteiger partial charge in [0.1, 0.15) is 12.1 Å². The number of carbonyl (C=O) groups excluding carboxylic acids is 3. The average molecular weight is 354 g/mol. The van der Waals surface area contributed by atoms with E-state index in [0.717, 1.165) is 11.0 Å². The summed E-state index contributed by atoms with van der Waals surface area (Å²) in [4.78, 5) is 38.0. The lowest BCUT2D eigenvalue weighted by atomic mass is 10.1. The first-order chi connectivity index (χ1) is 11.8. The van der Waals surface area contributed by atoms with Crippen LogP contribution in [-0.4, -0.2) is 60.0 Å². The summed E-state index contributed by atoms with van der Waals surface area (Å²) in [5.41, 5.74) is -0.0544. The normalized spacial score (nSPS) is 22.3. The molecule has 1 atom stereocenters. The fourth-order valence-corrected chi connectivity index (χ4v) is 3.28. The van der Waals surface area contributed by atoms with E-state index in [1.54, 1.807) is 0 Å². The minimum atomic E-state index is -2.86. The van der Waals surface area contributed by atoms with E-state index in [2.05, 4.69) is 0 Å². The van der Waals surface area contributed by atoms with E-state index in [4.69, 9.17) is 0 Å². The van der Waals surface area contributed by atoms with Gasteiger partial charge in [-0.2, -0.15) is 0 Å². The van der Waals surface area contributed by atoms with Gasteiger partial charge in [-0.15, -0.1) is 0 Å². The first-order valence-corrected chi connectivity index (χ1v) is 8.01. The van der Waals surface area contributed by atoms with Gasteiger partial charge in [0.25, 0.3) is 11.8 Å². The SMILES string of the molecule is O=Cc1ccc(F)c(C(=O)N2CCC(C(=O)N3CCC(F)(F)C3)C2)c1. The molecule has 0 aromatic heterocycles. The molecule has 0 N–H and O–H groups in total. The number of rotatable bonds is 3. The van der Waals surface area contributed by atoms with Gasteiger partial charge >= 0.3 is 0 Å². The molecule has 2 heterocycles. The standard InChI is InChI=1S/C17H17F3N2O3/c18-14-2-1-11(9-23)7-13(14)16(25)21-5-3-12(8-21)15(24)22-6-4-17(19,20)10-22/h1-2,7,9,12H,3-6,8,10H2. The van der Waals surface area contributed by atoms with Gasteiger partial charge in [-0.1, -0.05) is 0 Å². The zero-order valence-corrected chi connectivity index (χ0v) is 13.4. The molecule has 1 unspecified atom stereocenters. The lowest BCUT2D eigenvalue weighted by Crippen LogP contribution is -2.38. The van der Waals surface area contributed by atoms with E-state index in [1.165, 1.54) is 17.0 Å². The van der Waals surface area contributed by atoms with Crippen molar-refractivity contribution in [3.05, 3.63) is 35.1 Å². The Balaban J connectivity index is 1.67. The van der Waals surface area contributed by atoms with Gasteiger partial charge < -0.3 is 9.80 Å². The molecule has 1 aromatic rings. The number of halogens is 3. The van der Waals surface area contributed by atoms with Gasteiger partial charge in [0.2, 0.25) is 5.91 Å². The minimum absolute atomic E-state index is 0.00624. The fourth-order valence-electron chi connectivity index (χ4n) is 3.28. The van der Waals surface area contributed by atoms with E-state index in [0.29, 0.717) is 12.7 Å². The summed E-state index contributed by atoms with van der Waals surface area (Å²) < 4.78 is 40.4. The number of carbonyl (C=O) groups is 3. The van der Waals surface area contributed by atoms with Gasteiger partial charge in [0.15, 0.2) is 0 Å². The first kappa shape index (κ1) is 17.4. The predicted molar refractivity (Wildman–Crippen MR) is 81.9 cm³/mol. The Morgan fingerprint density at radius 1 is 1.20 bits per heavy atom. The number of amides is 2. The molecule has 2 amide bonds. The maximum absolute atomic E-state index is 13.9. The number of benzene rings is 1. The van der Waals surface area contributed by atoms with E-state index in [9.17, 15) is 27.6 Å². The predicted octanol–water partition coefficient (Wildman–Crippen LogP) is 1.97. The molecule has 134 valence electrons. The third-order valence-electron chi connectivity index (χ3n) is 4.66. The molecule has 0 radical (unpaired) electrons. The number of aldehydes is 1. The topological polar surface area (TPSA) is 57.7 Å². The summed E-state index contributed by atoms with van der Waals surface area (Å²) in [5.74, 6) is -5.17. The zero-order valence-electron chi connectivity index (χ0n) is 13.4. The number of alkyl halides is 2. The van der Waals surface area contributed by atoms with E-state index in [-0.39, 0.29) is 37.2 Å². The zero-order chi connectivity index (χ0) is 18.2. The van der Waals surface area contributed by atoms with Crippen LogP contribution in [0.25, 0.3) is 0 Å². The Hall–Kier alpha value is -2.38. The van der Waals surface area contributed by atoms with Crippen LogP contribution in [0.15, 0.2) is 18.2 Å². The van der Waals surface area contributed by atoms with Crippen molar-refractivity contribution in [1.82, 2.24) is 9.80 Å². The maximum atomic E-state index is 13.9. The smallest absolute Gasteiger partial charge is 0.267 e. The van der Waals surface area contributed by atoms with Gasteiger partial charge in [-0.05, 0) is 24.6 Å². The Morgan fingerprint density at radius 3 is 2.60 bits per heavy atom. The van der Waals surface area contributed by atoms with Crippen molar-refractivity contribution >= 4 is 18.1 Å². The first-order valence-electron chi connectivity index (χ1n) is 8.01. The van der Waals surface area contributed by atoms with Crippen LogP contribution in [0.2, 0.25) is 0 Å². The molecule has 0 spiro atoms. The van der Waals surface area contributed by atoms with Crippen LogP contribution in [0, 0.1) is 11.7 Å². The molecule has 0 aliphatic carbocycles. The molecule has 2 aliphatic rings. The minimum Gasteiger partial charge on any atom is -0.338 e. The molecule has 2 saturated heterocycles. The highest BCUT2D eigenvalue weighted by atomic mass is 19.3. The van der Waals surface area contributed by atoms with Crippen molar-refractivity contribution in [3.63, 3.8) is 0 Å².